The van der Waals surface area contributed by atoms with Crippen LogP contribution in [0.25, 0.3) is 10.9 Å². The highest BCUT2D eigenvalue weighted by Gasteiger charge is 2.47. The second-order valence-corrected chi connectivity index (χ2v) is 7.12. The molecule has 1 aromatic heterocycles. The predicted octanol–water partition coefficient (Wildman–Crippen LogP) is 3.27. The number of benzene rings is 1. The van der Waals surface area contributed by atoms with Crippen LogP contribution < -0.4 is 5.32 Å². The molecule has 0 aliphatic heterocycles. The molecule has 1 heterocycles. The van der Waals surface area contributed by atoms with E-state index >= 15 is 0 Å². The highest BCUT2D eigenvalue weighted by Crippen LogP contribution is 2.49. The average molecular weight is 328 g/mol. The van der Waals surface area contributed by atoms with Gasteiger partial charge in [0.25, 0.3) is 0 Å². The summed E-state index contributed by atoms with van der Waals surface area (Å²) in [6.45, 7) is 5.42. The number of ether oxygens (including phenoxy) is 1. The lowest BCUT2D eigenvalue weighted by atomic mass is 9.98. The van der Waals surface area contributed by atoms with Crippen molar-refractivity contribution < 1.29 is 19.4 Å². The van der Waals surface area contributed by atoms with Crippen LogP contribution in [0, 0.1) is 0 Å². The zero-order valence-electron chi connectivity index (χ0n) is 13.9. The summed E-state index contributed by atoms with van der Waals surface area (Å²) in [7, 11) is 0. The number of hydrogen-bond donors (Lipinski definition) is 2. The van der Waals surface area contributed by atoms with E-state index in [9.17, 15) is 14.7 Å². The Labute approximate surface area is 139 Å². The molecule has 0 radical (unpaired) electrons. The van der Waals surface area contributed by atoms with Gasteiger partial charge in [-0.05, 0) is 51.3 Å². The zero-order chi connectivity index (χ0) is 17.5. The minimum atomic E-state index is -0.582. The van der Waals surface area contributed by atoms with Crippen molar-refractivity contribution in [1.29, 1.82) is 0 Å². The fourth-order valence-corrected chi connectivity index (χ4v) is 2.78. The lowest BCUT2D eigenvalue weighted by Crippen LogP contribution is -2.39. The number of nitrogens with zero attached hydrogens (tertiary/aromatic N) is 1. The van der Waals surface area contributed by atoms with E-state index in [4.69, 9.17) is 4.74 Å². The summed E-state index contributed by atoms with van der Waals surface area (Å²) in [5.41, 5.74) is 0.453. The van der Waals surface area contributed by atoms with E-state index in [1.807, 2.05) is 0 Å². The second kappa shape index (κ2) is 5.47. The van der Waals surface area contributed by atoms with E-state index in [2.05, 4.69) is 10.3 Å². The Bertz CT molecular complexity index is 820. The number of fused-ring (bicyclic) bond motifs is 1. The molecule has 2 N–H and O–H groups in total. The largest absolute Gasteiger partial charge is 0.508 e. The lowest BCUT2D eigenvalue weighted by molar-refractivity contribution is 0.0495. The Balaban J connectivity index is 1.99. The number of hydrogen-bond acceptors (Lipinski definition) is 5. The third-order valence-corrected chi connectivity index (χ3v) is 3.94. The summed E-state index contributed by atoms with van der Waals surface area (Å²) < 4.78 is 5.34. The van der Waals surface area contributed by atoms with Crippen molar-refractivity contribution in [2.75, 3.05) is 0 Å². The van der Waals surface area contributed by atoms with Crippen LogP contribution in [0.2, 0.25) is 0 Å². The van der Waals surface area contributed by atoms with Gasteiger partial charge in [0.2, 0.25) is 0 Å². The summed E-state index contributed by atoms with van der Waals surface area (Å²) in [6.07, 6.45) is 1.67. The first kappa shape index (κ1) is 16.2. The topological polar surface area (TPSA) is 88.5 Å². The number of phenols is 1. The molecule has 0 saturated heterocycles. The predicted molar refractivity (Wildman–Crippen MR) is 89.1 cm³/mol. The van der Waals surface area contributed by atoms with E-state index in [0.29, 0.717) is 17.5 Å². The Morgan fingerprint density at radius 2 is 2.04 bits per heavy atom. The number of nitrogens with one attached hydrogen (secondary N) is 1. The molecular formula is C18H20N2O4. The van der Waals surface area contributed by atoms with Crippen LogP contribution in [-0.2, 0) is 10.3 Å². The van der Waals surface area contributed by atoms with Gasteiger partial charge in [0.05, 0.1) is 11.1 Å². The van der Waals surface area contributed by atoms with Crippen LogP contribution in [-0.4, -0.2) is 28.1 Å². The van der Waals surface area contributed by atoms with Gasteiger partial charge >= 0.3 is 6.09 Å². The van der Waals surface area contributed by atoms with Gasteiger partial charge in [-0.15, -0.1) is 0 Å². The number of aromatic nitrogens is 1. The van der Waals surface area contributed by atoms with Gasteiger partial charge in [-0.2, -0.15) is 0 Å². The van der Waals surface area contributed by atoms with Crippen molar-refractivity contribution in [3.05, 3.63) is 35.5 Å². The summed E-state index contributed by atoms with van der Waals surface area (Å²) in [5.74, 6) is 0.0466. The van der Waals surface area contributed by atoms with Crippen LogP contribution >= 0.6 is 0 Å². The molecule has 1 aromatic carbocycles. The van der Waals surface area contributed by atoms with Crippen molar-refractivity contribution in [2.45, 2.75) is 44.8 Å². The Kier molecular flexibility index (Phi) is 3.70. The molecule has 0 atom stereocenters. The Morgan fingerprint density at radius 3 is 2.62 bits per heavy atom. The molecule has 6 heteroatoms. The quantitative estimate of drug-likeness (QED) is 0.844. The fourth-order valence-electron chi connectivity index (χ4n) is 2.78. The van der Waals surface area contributed by atoms with Crippen molar-refractivity contribution in [2.24, 2.45) is 0 Å². The maximum absolute atomic E-state index is 12.2. The third-order valence-electron chi connectivity index (χ3n) is 3.94. The normalized spacial score (nSPS) is 15.8. The van der Waals surface area contributed by atoms with Gasteiger partial charge < -0.3 is 15.2 Å². The first-order valence-corrected chi connectivity index (χ1v) is 7.83. The molecule has 0 unspecified atom stereocenters. The number of carbonyl (C=O) groups is 2. The van der Waals surface area contributed by atoms with Crippen molar-refractivity contribution in [3.8, 4) is 5.75 Å². The summed E-state index contributed by atoms with van der Waals surface area (Å²) >= 11 is 0. The number of carbonyl (C=O) groups excluding carboxylic acids is 2. The van der Waals surface area contributed by atoms with Crippen LogP contribution in [0.1, 0.15) is 49.7 Å². The Morgan fingerprint density at radius 1 is 1.33 bits per heavy atom. The van der Waals surface area contributed by atoms with Crippen molar-refractivity contribution in [1.82, 2.24) is 10.3 Å². The number of pyridine rings is 1. The molecule has 6 nitrogen and oxygen atoms in total. The summed E-state index contributed by atoms with van der Waals surface area (Å²) in [6, 6.07) is 6.56. The molecule has 3 rings (SSSR count). The number of alkyl carbamates (subject to hydrolysis) is 1. The van der Waals surface area contributed by atoms with Gasteiger partial charge in [-0.1, -0.05) is 6.07 Å². The second-order valence-electron chi connectivity index (χ2n) is 7.12. The highest BCUT2D eigenvalue weighted by molar-refractivity contribution is 5.89. The minimum Gasteiger partial charge on any atom is -0.508 e. The van der Waals surface area contributed by atoms with Gasteiger partial charge in [-0.25, -0.2) is 9.78 Å². The molecular weight excluding hydrogens is 308 g/mol. The van der Waals surface area contributed by atoms with E-state index in [-0.39, 0.29) is 5.75 Å². The van der Waals surface area contributed by atoms with E-state index in [1.165, 1.54) is 6.07 Å². The molecule has 1 aliphatic carbocycles. The first-order chi connectivity index (χ1) is 11.2. The number of aldehydes is 1. The van der Waals surface area contributed by atoms with Crippen LogP contribution in [0.15, 0.2) is 24.3 Å². The lowest BCUT2D eigenvalue weighted by Gasteiger charge is -2.24. The standard InChI is InChI=1S/C18H20N2O4/c1-17(2,3)24-16(23)20-18(6-7-18)14-8-12(22)9-15-13(14)5-4-11(10-21)19-15/h4-5,8-10,22H,6-7H2,1-3H3,(H,20,23). The molecule has 1 aliphatic rings. The third kappa shape index (κ3) is 3.18. The zero-order valence-corrected chi connectivity index (χ0v) is 13.9. The fraction of sp³-hybridized carbons (Fsp3) is 0.389. The van der Waals surface area contributed by atoms with Crippen molar-refractivity contribution >= 4 is 23.3 Å². The minimum absolute atomic E-state index is 0.0466. The molecule has 2 aromatic rings. The molecule has 126 valence electrons. The molecule has 0 bridgehead atoms. The molecule has 24 heavy (non-hydrogen) atoms. The number of rotatable bonds is 3. The first-order valence-electron chi connectivity index (χ1n) is 7.83. The van der Waals surface area contributed by atoms with Crippen LogP contribution in [0.5, 0.6) is 5.75 Å². The summed E-state index contributed by atoms with van der Waals surface area (Å²) in [5, 5.41) is 13.7. The Hall–Kier alpha value is -2.63. The van der Waals surface area contributed by atoms with Crippen molar-refractivity contribution in [3.63, 3.8) is 0 Å². The van der Waals surface area contributed by atoms with Gasteiger partial charge in [-0.3, -0.25) is 4.79 Å². The number of amides is 1. The number of phenolic OH excluding ortho intramolecular Hbond substituents is 1. The molecule has 1 saturated carbocycles. The van der Waals surface area contributed by atoms with Crippen LogP contribution in [0.4, 0.5) is 4.79 Å². The molecule has 1 fully saturated rings. The van der Waals surface area contributed by atoms with E-state index < -0.39 is 17.2 Å². The summed E-state index contributed by atoms with van der Waals surface area (Å²) in [4.78, 5) is 27.3. The highest BCUT2D eigenvalue weighted by atomic mass is 16.6. The van der Waals surface area contributed by atoms with E-state index in [1.54, 1.807) is 39.0 Å². The average Bonchev–Trinajstić information content (AvgIpc) is 3.24. The molecule has 0 spiro atoms. The number of aromatic hydroxyl groups is 1. The van der Waals surface area contributed by atoms with E-state index in [0.717, 1.165) is 23.8 Å². The SMILES string of the molecule is CC(C)(C)OC(=O)NC1(c2cc(O)cc3nc(C=O)ccc23)CC1. The van der Waals surface area contributed by atoms with Gasteiger partial charge in [0.15, 0.2) is 6.29 Å². The van der Waals surface area contributed by atoms with Crippen LogP contribution in [0.3, 0.4) is 0 Å². The monoisotopic (exact) mass is 328 g/mol. The maximum Gasteiger partial charge on any atom is 0.408 e. The smallest absolute Gasteiger partial charge is 0.408 e. The van der Waals surface area contributed by atoms with Gasteiger partial charge in [0, 0.05) is 11.5 Å². The molecule has 1 amide bonds. The van der Waals surface area contributed by atoms with Gasteiger partial charge in [0.1, 0.15) is 17.0 Å². The maximum atomic E-state index is 12.2.